The molecule has 1 saturated heterocycles. The van der Waals surface area contributed by atoms with Gasteiger partial charge in [-0.2, -0.15) is 0 Å². The second-order valence-electron chi connectivity index (χ2n) is 2.82. The summed E-state index contributed by atoms with van der Waals surface area (Å²) < 4.78 is 10.3. The Morgan fingerprint density at radius 1 is 1.73 bits per heavy atom. The minimum atomic E-state index is -0.195. The molecule has 0 aromatic heterocycles. The molecule has 1 heterocycles. The van der Waals surface area contributed by atoms with Crippen LogP contribution in [-0.2, 0) is 9.47 Å². The predicted octanol–water partition coefficient (Wildman–Crippen LogP) is -0.890. The second-order valence-corrected chi connectivity index (χ2v) is 2.82. The van der Waals surface area contributed by atoms with Crippen molar-refractivity contribution in [2.45, 2.75) is 24.7 Å². The first kappa shape index (κ1) is 8.93. The van der Waals surface area contributed by atoms with Crippen LogP contribution in [0.1, 0.15) is 6.42 Å². The summed E-state index contributed by atoms with van der Waals surface area (Å²) in [4.78, 5) is 0. The summed E-state index contributed by atoms with van der Waals surface area (Å²) in [6, 6.07) is 0.0442. The molecule has 0 radical (unpaired) electrons. The highest BCUT2D eigenvalue weighted by Crippen LogP contribution is 2.15. The average Bonchev–Trinajstić information content (AvgIpc) is 2.04. The molecule has 3 atom stereocenters. The van der Waals surface area contributed by atoms with E-state index in [1.165, 1.54) is 0 Å². The molecule has 4 heteroatoms. The zero-order chi connectivity index (χ0) is 8.27. The van der Waals surface area contributed by atoms with Gasteiger partial charge in [0.25, 0.3) is 0 Å². The van der Waals surface area contributed by atoms with Gasteiger partial charge in [-0.25, -0.2) is 0 Å². The molecule has 1 rings (SSSR count). The number of methoxy groups -OCH3 is 1. The summed E-state index contributed by atoms with van der Waals surface area (Å²) in [5.41, 5.74) is 5.63. The Morgan fingerprint density at radius 3 is 3.00 bits per heavy atom. The fraction of sp³-hybridized carbons (Fsp3) is 1.00. The molecule has 66 valence electrons. The normalized spacial score (nSPS) is 39.0. The summed E-state index contributed by atoms with van der Waals surface area (Å²) in [6.07, 6.45) is 0.519. The summed E-state index contributed by atoms with van der Waals surface area (Å²) in [7, 11) is 1.61. The highest BCUT2D eigenvalue weighted by molar-refractivity contribution is 4.80. The topological polar surface area (TPSA) is 64.7 Å². The first-order chi connectivity index (χ1) is 5.27. The van der Waals surface area contributed by atoms with E-state index in [1.54, 1.807) is 7.11 Å². The van der Waals surface area contributed by atoms with Gasteiger partial charge in [-0.15, -0.1) is 0 Å². The number of hydrogen-bond acceptors (Lipinski definition) is 4. The summed E-state index contributed by atoms with van der Waals surface area (Å²) in [6.45, 7) is 0.524. The maximum Gasteiger partial charge on any atom is 0.107 e. The Labute approximate surface area is 66.3 Å². The van der Waals surface area contributed by atoms with Gasteiger partial charge in [-0.3, -0.25) is 0 Å². The number of hydrogen-bond donors (Lipinski definition) is 2. The first-order valence-electron chi connectivity index (χ1n) is 3.78. The molecule has 0 saturated carbocycles. The lowest BCUT2D eigenvalue weighted by atomic mass is 10.0. The van der Waals surface area contributed by atoms with Gasteiger partial charge in [0.15, 0.2) is 0 Å². The van der Waals surface area contributed by atoms with E-state index in [4.69, 9.17) is 20.3 Å². The van der Waals surface area contributed by atoms with Gasteiger partial charge in [0, 0.05) is 13.2 Å². The maximum absolute atomic E-state index is 8.83. The van der Waals surface area contributed by atoms with Crippen LogP contribution in [0.5, 0.6) is 0 Å². The Kier molecular flexibility index (Phi) is 3.26. The molecule has 0 amide bonds. The molecule has 0 aromatic carbocycles. The number of rotatable bonds is 2. The third-order valence-corrected chi connectivity index (χ3v) is 1.96. The molecule has 11 heavy (non-hydrogen) atoms. The lowest BCUT2D eigenvalue weighted by molar-refractivity contribution is -0.115. The number of aliphatic hydroxyl groups is 1. The van der Waals surface area contributed by atoms with Crippen LogP contribution in [0.25, 0.3) is 0 Å². The van der Waals surface area contributed by atoms with Crippen molar-refractivity contribution < 1.29 is 14.6 Å². The van der Waals surface area contributed by atoms with E-state index >= 15 is 0 Å². The van der Waals surface area contributed by atoms with E-state index in [1.807, 2.05) is 0 Å². The number of nitrogens with two attached hydrogens (primary N) is 1. The zero-order valence-corrected chi connectivity index (χ0v) is 6.69. The van der Waals surface area contributed by atoms with E-state index in [0.29, 0.717) is 6.61 Å². The van der Waals surface area contributed by atoms with Gasteiger partial charge < -0.3 is 20.3 Å². The summed E-state index contributed by atoms with van der Waals surface area (Å²) in [5, 5.41) is 8.83. The summed E-state index contributed by atoms with van der Waals surface area (Å²) >= 11 is 0. The van der Waals surface area contributed by atoms with E-state index in [0.717, 1.165) is 6.42 Å². The van der Waals surface area contributed by atoms with Gasteiger partial charge in [-0.1, -0.05) is 0 Å². The maximum atomic E-state index is 8.83. The lowest BCUT2D eigenvalue weighted by Crippen LogP contribution is -2.47. The number of ether oxygens (including phenoxy) is 2. The fourth-order valence-corrected chi connectivity index (χ4v) is 1.29. The second kappa shape index (κ2) is 4.01. The molecule has 1 fully saturated rings. The van der Waals surface area contributed by atoms with Crippen LogP contribution in [0.4, 0.5) is 0 Å². The van der Waals surface area contributed by atoms with Gasteiger partial charge in [0.2, 0.25) is 0 Å². The highest BCUT2D eigenvalue weighted by atomic mass is 16.5. The van der Waals surface area contributed by atoms with Gasteiger partial charge in [0.05, 0.1) is 19.3 Å². The average molecular weight is 161 g/mol. The Morgan fingerprint density at radius 2 is 2.45 bits per heavy atom. The van der Waals surface area contributed by atoms with Crippen LogP contribution in [-0.4, -0.2) is 43.7 Å². The van der Waals surface area contributed by atoms with Crippen LogP contribution in [0.3, 0.4) is 0 Å². The molecule has 0 bridgehead atoms. The van der Waals surface area contributed by atoms with Crippen molar-refractivity contribution in [3.05, 3.63) is 0 Å². The van der Waals surface area contributed by atoms with E-state index < -0.39 is 0 Å². The fourth-order valence-electron chi connectivity index (χ4n) is 1.29. The molecule has 1 aliphatic rings. The minimum absolute atomic E-state index is 0.00519. The Balaban J connectivity index is 2.41. The molecular weight excluding hydrogens is 146 g/mol. The molecule has 0 aromatic rings. The quantitative estimate of drug-likeness (QED) is 0.551. The van der Waals surface area contributed by atoms with Crippen molar-refractivity contribution in [2.75, 3.05) is 20.3 Å². The predicted molar refractivity (Wildman–Crippen MR) is 40.2 cm³/mol. The van der Waals surface area contributed by atoms with Crippen molar-refractivity contribution >= 4 is 0 Å². The SMILES string of the molecule is COC1CC(N)COC1CO. The van der Waals surface area contributed by atoms with Gasteiger partial charge in [-0.05, 0) is 6.42 Å². The zero-order valence-electron chi connectivity index (χ0n) is 6.69. The molecule has 3 unspecified atom stereocenters. The van der Waals surface area contributed by atoms with E-state index in [-0.39, 0.29) is 24.9 Å². The molecule has 0 aliphatic carbocycles. The monoisotopic (exact) mass is 161 g/mol. The van der Waals surface area contributed by atoms with Crippen molar-refractivity contribution in [3.8, 4) is 0 Å². The molecule has 1 aliphatic heterocycles. The van der Waals surface area contributed by atoms with Gasteiger partial charge in [0.1, 0.15) is 6.10 Å². The summed E-state index contributed by atoms with van der Waals surface area (Å²) in [5.74, 6) is 0. The van der Waals surface area contributed by atoms with Crippen molar-refractivity contribution in [3.63, 3.8) is 0 Å². The minimum Gasteiger partial charge on any atom is -0.394 e. The number of aliphatic hydroxyl groups excluding tert-OH is 1. The standard InChI is InChI=1S/C7H15NO3/c1-10-6-2-5(8)4-11-7(6)3-9/h5-7,9H,2-4,8H2,1H3. The molecule has 4 nitrogen and oxygen atoms in total. The van der Waals surface area contributed by atoms with Gasteiger partial charge >= 0.3 is 0 Å². The van der Waals surface area contributed by atoms with Crippen molar-refractivity contribution in [2.24, 2.45) is 5.73 Å². The highest BCUT2D eigenvalue weighted by Gasteiger charge is 2.28. The lowest BCUT2D eigenvalue weighted by Gasteiger charge is -2.32. The van der Waals surface area contributed by atoms with Crippen LogP contribution >= 0.6 is 0 Å². The van der Waals surface area contributed by atoms with Crippen LogP contribution in [0.2, 0.25) is 0 Å². The Bertz CT molecular complexity index is 120. The third-order valence-electron chi connectivity index (χ3n) is 1.96. The first-order valence-corrected chi connectivity index (χ1v) is 3.78. The third kappa shape index (κ3) is 2.13. The van der Waals surface area contributed by atoms with Crippen LogP contribution in [0, 0.1) is 0 Å². The van der Waals surface area contributed by atoms with E-state index in [9.17, 15) is 0 Å². The Hall–Kier alpha value is -0.160. The largest absolute Gasteiger partial charge is 0.394 e. The van der Waals surface area contributed by atoms with E-state index in [2.05, 4.69) is 0 Å². The van der Waals surface area contributed by atoms with Crippen molar-refractivity contribution in [1.82, 2.24) is 0 Å². The molecular formula is C7H15NO3. The smallest absolute Gasteiger partial charge is 0.107 e. The van der Waals surface area contributed by atoms with Crippen LogP contribution in [0.15, 0.2) is 0 Å². The molecule has 3 N–H and O–H groups in total. The van der Waals surface area contributed by atoms with Crippen LogP contribution < -0.4 is 5.73 Å². The molecule has 0 spiro atoms. The van der Waals surface area contributed by atoms with Crippen molar-refractivity contribution in [1.29, 1.82) is 0 Å².